The van der Waals surface area contributed by atoms with Gasteiger partial charge in [-0.1, -0.05) is 15.9 Å². The number of amides is 1. The van der Waals surface area contributed by atoms with E-state index >= 15 is 0 Å². The second-order valence-corrected chi connectivity index (χ2v) is 11.5. The van der Waals surface area contributed by atoms with E-state index < -0.39 is 11.6 Å². The highest BCUT2D eigenvalue weighted by Gasteiger charge is 2.57. The van der Waals surface area contributed by atoms with E-state index in [1.807, 2.05) is 0 Å². The zero-order valence-corrected chi connectivity index (χ0v) is 17.7. The van der Waals surface area contributed by atoms with Gasteiger partial charge in [-0.15, -0.1) is 11.3 Å². The average Bonchev–Trinajstić information content (AvgIpc) is 3.02. The maximum atomic E-state index is 13.5. The molecule has 1 aromatic carbocycles. The molecule has 0 aliphatic heterocycles. The quantitative estimate of drug-likeness (QED) is 0.548. The van der Waals surface area contributed by atoms with Crippen molar-refractivity contribution < 1.29 is 13.6 Å². The van der Waals surface area contributed by atoms with E-state index in [2.05, 4.69) is 26.2 Å². The van der Waals surface area contributed by atoms with Crippen LogP contribution in [0.15, 0.2) is 23.6 Å². The first-order valence-electron chi connectivity index (χ1n) is 9.71. The van der Waals surface area contributed by atoms with Crippen LogP contribution in [0.1, 0.15) is 44.9 Å². The number of alkyl halides is 1. The molecule has 1 amide bonds. The molecule has 2 aromatic rings. The molecule has 1 N–H and O–H groups in total. The minimum Gasteiger partial charge on any atom is -0.302 e. The van der Waals surface area contributed by atoms with Gasteiger partial charge in [0.25, 0.3) is 0 Å². The van der Waals surface area contributed by atoms with Crippen molar-refractivity contribution >= 4 is 38.3 Å². The van der Waals surface area contributed by atoms with Crippen molar-refractivity contribution in [3.05, 3.63) is 35.2 Å². The van der Waals surface area contributed by atoms with Crippen molar-refractivity contribution in [3.63, 3.8) is 0 Å². The molecule has 3 nitrogen and oxygen atoms in total. The SMILES string of the molecule is O=C(CC12C[C@H]3C[C@@H](CC(Br)(C3)C1)C2)Nc1nc(-c2ccc(F)c(F)c2)cs1. The summed E-state index contributed by atoms with van der Waals surface area (Å²) in [5.41, 5.74) is 1.14. The molecule has 28 heavy (non-hydrogen) atoms. The third kappa shape index (κ3) is 3.41. The number of halogens is 3. The Morgan fingerprint density at radius 1 is 1.21 bits per heavy atom. The van der Waals surface area contributed by atoms with Gasteiger partial charge in [0.05, 0.1) is 5.69 Å². The number of nitrogens with zero attached hydrogens (tertiary/aromatic N) is 1. The van der Waals surface area contributed by atoms with Gasteiger partial charge in [0.1, 0.15) is 0 Å². The van der Waals surface area contributed by atoms with Gasteiger partial charge in [-0.05, 0) is 74.0 Å². The summed E-state index contributed by atoms with van der Waals surface area (Å²) in [5.74, 6) is -0.292. The topological polar surface area (TPSA) is 42.0 Å². The Labute approximate surface area is 175 Å². The molecule has 0 unspecified atom stereocenters. The fourth-order valence-electron chi connectivity index (χ4n) is 6.17. The second kappa shape index (κ2) is 6.59. The lowest BCUT2D eigenvalue weighted by Crippen LogP contribution is -2.53. The van der Waals surface area contributed by atoms with Crippen LogP contribution >= 0.6 is 27.3 Å². The normalized spacial score (nSPS) is 33.2. The molecular weight excluding hydrogens is 446 g/mol. The zero-order valence-electron chi connectivity index (χ0n) is 15.3. The number of rotatable bonds is 4. The van der Waals surface area contributed by atoms with E-state index in [0.717, 1.165) is 43.2 Å². The molecule has 6 rings (SSSR count). The van der Waals surface area contributed by atoms with Crippen LogP contribution in [0.5, 0.6) is 0 Å². The van der Waals surface area contributed by atoms with Crippen LogP contribution in [-0.4, -0.2) is 15.2 Å². The maximum Gasteiger partial charge on any atom is 0.226 e. The first-order chi connectivity index (χ1) is 13.3. The Morgan fingerprint density at radius 2 is 1.96 bits per heavy atom. The molecule has 7 heteroatoms. The van der Waals surface area contributed by atoms with Gasteiger partial charge < -0.3 is 5.32 Å². The van der Waals surface area contributed by atoms with Crippen molar-refractivity contribution in [1.82, 2.24) is 4.98 Å². The third-order valence-electron chi connectivity index (χ3n) is 6.61. The highest BCUT2D eigenvalue weighted by atomic mass is 79.9. The molecular formula is C21H21BrF2N2OS. The number of carbonyl (C=O) groups excluding carboxylic acids is 1. The van der Waals surface area contributed by atoms with Crippen molar-refractivity contribution in [2.24, 2.45) is 17.3 Å². The van der Waals surface area contributed by atoms with Crippen LogP contribution < -0.4 is 5.32 Å². The highest BCUT2D eigenvalue weighted by molar-refractivity contribution is 9.10. The number of thiazole rings is 1. The fraction of sp³-hybridized carbons (Fsp3) is 0.524. The van der Waals surface area contributed by atoms with E-state index in [-0.39, 0.29) is 15.6 Å². The summed E-state index contributed by atoms with van der Waals surface area (Å²) in [4.78, 5) is 17.2. The lowest BCUT2D eigenvalue weighted by molar-refractivity contribution is -0.123. The number of benzene rings is 1. The Morgan fingerprint density at radius 3 is 2.64 bits per heavy atom. The van der Waals surface area contributed by atoms with E-state index in [1.165, 1.54) is 36.7 Å². The predicted octanol–water partition coefficient (Wildman–Crippen LogP) is 6.15. The summed E-state index contributed by atoms with van der Waals surface area (Å²) >= 11 is 5.30. The lowest BCUT2D eigenvalue weighted by atomic mass is 9.48. The maximum absolute atomic E-state index is 13.5. The smallest absolute Gasteiger partial charge is 0.226 e. The van der Waals surface area contributed by atoms with E-state index in [4.69, 9.17) is 0 Å². The standard InChI is InChI=1S/C21H21BrF2N2OS/c22-21-7-12-3-13(8-21)6-20(5-12,11-21)9-18(27)26-19-25-17(10-28-19)14-1-2-15(23)16(24)4-14/h1-2,4,10,12-13H,3,5-9,11H2,(H,25,26,27)/t12-,13-,20?,21?/m1/s1. The minimum absolute atomic E-state index is 0.00392. The van der Waals surface area contributed by atoms with Gasteiger partial charge in [-0.25, -0.2) is 13.8 Å². The van der Waals surface area contributed by atoms with E-state index in [9.17, 15) is 13.6 Å². The minimum atomic E-state index is -0.901. The Bertz CT molecular complexity index is 932. The summed E-state index contributed by atoms with van der Waals surface area (Å²) in [7, 11) is 0. The Hall–Kier alpha value is -1.34. The fourth-order valence-corrected chi connectivity index (χ4v) is 8.41. The van der Waals surface area contributed by atoms with Gasteiger partial charge >= 0.3 is 0 Å². The molecule has 148 valence electrons. The molecule has 4 aliphatic carbocycles. The van der Waals surface area contributed by atoms with Crippen molar-refractivity contribution in [2.75, 3.05) is 5.32 Å². The van der Waals surface area contributed by atoms with Gasteiger partial charge in [0.2, 0.25) is 5.91 Å². The van der Waals surface area contributed by atoms with Gasteiger partial charge in [0, 0.05) is 21.7 Å². The number of nitrogens with one attached hydrogen (secondary N) is 1. The summed E-state index contributed by atoms with van der Waals surface area (Å²) in [6.45, 7) is 0. The summed E-state index contributed by atoms with van der Waals surface area (Å²) in [6, 6.07) is 3.70. The molecule has 2 atom stereocenters. The first kappa shape index (κ1) is 18.7. The molecule has 4 saturated carbocycles. The molecule has 4 fully saturated rings. The van der Waals surface area contributed by atoms with Crippen LogP contribution in [0.25, 0.3) is 11.3 Å². The van der Waals surface area contributed by atoms with Crippen LogP contribution in [0.4, 0.5) is 13.9 Å². The van der Waals surface area contributed by atoms with Gasteiger partial charge in [-0.3, -0.25) is 4.79 Å². The average molecular weight is 467 g/mol. The van der Waals surface area contributed by atoms with Crippen molar-refractivity contribution in [1.29, 1.82) is 0 Å². The zero-order chi connectivity index (χ0) is 19.5. The summed E-state index contributed by atoms with van der Waals surface area (Å²) in [6.07, 6.45) is 7.74. The molecule has 1 aromatic heterocycles. The predicted molar refractivity (Wildman–Crippen MR) is 109 cm³/mol. The van der Waals surface area contributed by atoms with Crippen LogP contribution in [0.2, 0.25) is 0 Å². The molecule has 0 radical (unpaired) electrons. The number of hydrogen-bond acceptors (Lipinski definition) is 3. The van der Waals surface area contributed by atoms with Crippen molar-refractivity contribution in [2.45, 2.75) is 49.3 Å². The third-order valence-corrected chi connectivity index (χ3v) is 8.30. The number of hydrogen-bond donors (Lipinski definition) is 1. The molecule has 4 aliphatic rings. The largest absolute Gasteiger partial charge is 0.302 e. The van der Waals surface area contributed by atoms with Crippen LogP contribution in [0, 0.1) is 28.9 Å². The van der Waals surface area contributed by atoms with E-state index in [1.54, 1.807) is 5.38 Å². The van der Waals surface area contributed by atoms with Gasteiger partial charge in [-0.2, -0.15) is 0 Å². The lowest BCUT2D eigenvalue weighted by Gasteiger charge is -2.60. The molecule has 0 saturated heterocycles. The van der Waals surface area contributed by atoms with Crippen LogP contribution in [0.3, 0.4) is 0 Å². The summed E-state index contributed by atoms with van der Waals surface area (Å²) < 4.78 is 26.8. The number of carbonyl (C=O) groups is 1. The molecule has 0 spiro atoms. The van der Waals surface area contributed by atoms with Gasteiger partial charge in [0.15, 0.2) is 16.8 Å². The second-order valence-electron chi connectivity index (χ2n) is 9.00. The monoisotopic (exact) mass is 466 g/mol. The first-order valence-corrected chi connectivity index (χ1v) is 11.4. The molecule has 1 heterocycles. The number of aromatic nitrogens is 1. The Balaban J connectivity index is 1.28. The Kier molecular flexibility index (Phi) is 4.40. The van der Waals surface area contributed by atoms with E-state index in [0.29, 0.717) is 22.8 Å². The highest BCUT2D eigenvalue weighted by Crippen LogP contribution is 2.65. The summed E-state index contributed by atoms with van der Waals surface area (Å²) in [5, 5.41) is 5.18. The number of anilines is 1. The van der Waals surface area contributed by atoms with Crippen LogP contribution in [-0.2, 0) is 4.79 Å². The molecule has 4 bridgehead atoms. The van der Waals surface area contributed by atoms with Crippen molar-refractivity contribution in [3.8, 4) is 11.3 Å².